The molecule has 2 aromatic rings. The summed E-state index contributed by atoms with van der Waals surface area (Å²) in [5.74, 6) is 0. The number of halogens is 1. The Kier molecular flexibility index (Phi) is 3.17. The first-order valence-electron chi connectivity index (χ1n) is 4.49. The van der Waals surface area contributed by atoms with Crippen LogP contribution in [-0.2, 0) is 0 Å². The quantitative estimate of drug-likeness (QED) is 0.509. The number of aryl methyl sites for hydroxylation is 1. The fourth-order valence-corrected chi connectivity index (χ4v) is 1.89. The zero-order chi connectivity index (χ0) is 11.5. The van der Waals surface area contributed by atoms with E-state index in [4.69, 9.17) is 16.8 Å². The largest absolute Gasteiger partial charge is 0.410 e. The van der Waals surface area contributed by atoms with E-state index < -0.39 is 0 Å². The molecule has 82 valence electrons. The van der Waals surface area contributed by atoms with Crippen molar-refractivity contribution >= 4 is 28.8 Å². The zero-order valence-corrected chi connectivity index (χ0v) is 9.96. The van der Waals surface area contributed by atoms with Gasteiger partial charge in [-0.25, -0.2) is 0 Å². The van der Waals surface area contributed by atoms with Gasteiger partial charge in [0, 0.05) is 10.6 Å². The van der Waals surface area contributed by atoms with Gasteiger partial charge in [-0.3, -0.25) is 0 Å². The van der Waals surface area contributed by atoms with Crippen molar-refractivity contribution in [1.29, 1.82) is 0 Å². The summed E-state index contributed by atoms with van der Waals surface area (Å²) in [6.07, 6.45) is 0. The number of oxime groups is 1. The van der Waals surface area contributed by atoms with Gasteiger partial charge < -0.3 is 5.21 Å². The molecule has 0 saturated heterocycles. The van der Waals surface area contributed by atoms with Crippen LogP contribution in [0.2, 0.25) is 5.02 Å². The summed E-state index contributed by atoms with van der Waals surface area (Å²) in [7, 11) is 0. The minimum absolute atomic E-state index is 0.405. The number of rotatable bonds is 2. The van der Waals surface area contributed by atoms with E-state index in [9.17, 15) is 0 Å². The van der Waals surface area contributed by atoms with Crippen molar-refractivity contribution in [2.24, 2.45) is 5.16 Å². The summed E-state index contributed by atoms with van der Waals surface area (Å²) in [4.78, 5) is 0.905. The molecule has 0 unspecified atom stereocenters. The third kappa shape index (κ3) is 2.05. The third-order valence-corrected chi connectivity index (χ3v) is 2.98. The lowest BCUT2D eigenvalue weighted by atomic mass is 10.1. The lowest BCUT2D eigenvalue weighted by Gasteiger charge is -2.01. The Morgan fingerprint density at radius 1 is 1.38 bits per heavy atom. The van der Waals surface area contributed by atoms with Gasteiger partial charge >= 0.3 is 0 Å². The Morgan fingerprint density at radius 2 is 2.06 bits per heavy atom. The molecule has 1 heterocycles. The van der Waals surface area contributed by atoms with Gasteiger partial charge in [0.1, 0.15) is 11.4 Å². The fraction of sp³-hybridized carbons (Fsp3) is 0.100. The van der Waals surface area contributed by atoms with E-state index in [2.05, 4.69) is 14.7 Å². The summed E-state index contributed by atoms with van der Waals surface area (Å²) in [6.45, 7) is 1.88. The van der Waals surface area contributed by atoms with Crippen molar-refractivity contribution in [2.75, 3.05) is 0 Å². The second kappa shape index (κ2) is 4.59. The predicted molar refractivity (Wildman–Crippen MR) is 63.5 cm³/mol. The van der Waals surface area contributed by atoms with Crippen LogP contribution in [0.15, 0.2) is 29.4 Å². The highest BCUT2D eigenvalue weighted by Crippen LogP contribution is 2.17. The molecule has 0 aliphatic carbocycles. The van der Waals surface area contributed by atoms with Crippen LogP contribution in [0.5, 0.6) is 0 Å². The van der Waals surface area contributed by atoms with Gasteiger partial charge in [0.15, 0.2) is 0 Å². The molecule has 16 heavy (non-hydrogen) atoms. The van der Waals surface area contributed by atoms with E-state index >= 15 is 0 Å². The third-order valence-electron chi connectivity index (χ3n) is 2.09. The number of hydrogen-bond acceptors (Lipinski definition) is 5. The summed E-state index contributed by atoms with van der Waals surface area (Å²) in [6, 6.07) is 7.01. The molecule has 1 aromatic carbocycles. The van der Waals surface area contributed by atoms with Crippen LogP contribution < -0.4 is 0 Å². The Hall–Kier alpha value is -1.46. The molecule has 1 aromatic heterocycles. The van der Waals surface area contributed by atoms with E-state index in [-0.39, 0.29) is 0 Å². The molecule has 1 N–H and O–H groups in total. The second-order valence-electron chi connectivity index (χ2n) is 3.13. The second-order valence-corrected chi connectivity index (χ2v) is 4.53. The van der Waals surface area contributed by atoms with Gasteiger partial charge in [-0.15, -0.1) is 5.10 Å². The fourth-order valence-electron chi connectivity index (χ4n) is 1.30. The van der Waals surface area contributed by atoms with Crippen molar-refractivity contribution in [2.45, 2.75) is 6.92 Å². The molecule has 2 rings (SSSR count). The van der Waals surface area contributed by atoms with Crippen LogP contribution in [0, 0.1) is 6.92 Å². The standard InChI is InChI=1S/C10H8ClN3OS/c1-6-9(12-14-16-6)10(13-15)7-2-4-8(11)5-3-7/h2-5,15H,1H3/b13-10+. The minimum Gasteiger partial charge on any atom is -0.410 e. The topological polar surface area (TPSA) is 58.4 Å². The van der Waals surface area contributed by atoms with E-state index in [1.54, 1.807) is 24.3 Å². The van der Waals surface area contributed by atoms with Gasteiger partial charge in [-0.2, -0.15) is 0 Å². The lowest BCUT2D eigenvalue weighted by Crippen LogP contribution is -2.05. The van der Waals surface area contributed by atoms with Gasteiger partial charge in [0.25, 0.3) is 0 Å². The average molecular weight is 254 g/mol. The molecule has 0 atom stereocenters. The van der Waals surface area contributed by atoms with Crippen LogP contribution in [0.4, 0.5) is 0 Å². The molecular formula is C10H8ClN3OS. The molecule has 0 aliphatic heterocycles. The highest BCUT2D eigenvalue weighted by atomic mass is 35.5. The van der Waals surface area contributed by atoms with Crippen LogP contribution in [0.3, 0.4) is 0 Å². The number of nitrogens with zero attached hydrogens (tertiary/aromatic N) is 3. The Labute approximate surface area is 101 Å². The molecular weight excluding hydrogens is 246 g/mol. The number of hydrogen-bond donors (Lipinski definition) is 1. The Balaban J connectivity index is 2.46. The van der Waals surface area contributed by atoms with Gasteiger partial charge in [-0.1, -0.05) is 33.4 Å². The molecule has 0 spiro atoms. The molecule has 0 bridgehead atoms. The van der Waals surface area contributed by atoms with E-state index in [1.165, 1.54) is 11.5 Å². The maximum absolute atomic E-state index is 9.04. The lowest BCUT2D eigenvalue weighted by molar-refractivity contribution is 0.319. The van der Waals surface area contributed by atoms with Gasteiger partial charge in [0.05, 0.1) is 4.88 Å². The van der Waals surface area contributed by atoms with Gasteiger partial charge in [0.2, 0.25) is 0 Å². The number of aromatic nitrogens is 2. The minimum atomic E-state index is 0.405. The van der Waals surface area contributed by atoms with E-state index in [1.807, 2.05) is 6.92 Å². The molecule has 0 radical (unpaired) electrons. The van der Waals surface area contributed by atoms with Gasteiger partial charge in [-0.05, 0) is 30.6 Å². The summed E-state index contributed by atoms with van der Waals surface area (Å²) >= 11 is 7.05. The van der Waals surface area contributed by atoms with Crippen molar-refractivity contribution < 1.29 is 5.21 Å². The van der Waals surface area contributed by atoms with Crippen LogP contribution in [0.25, 0.3) is 0 Å². The summed E-state index contributed by atoms with van der Waals surface area (Å²) in [5.41, 5.74) is 1.75. The van der Waals surface area contributed by atoms with E-state index in [0.29, 0.717) is 16.4 Å². The first kappa shape index (κ1) is 11.0. The highest BCUT2D eigenvalue weighted by molar-refractivity contribution is 7.05. The first-order valence-corrected chi connectivity index (χ1v) is 5.65. The van der Waals surface area contributed by atoms with E-state index in [0.717, 1.165) is 10.4 Å². The maximum Gasteiger partial charge on any atom is 0.138 e. The summed E-state index contributed by atoms with van der Waals surface area (Å²) in [5, 5.41) is 16.9. The van der Waals surface area contributed by atoms with Crippen LogP contribution in [0.1, 0.15) is 16.1 Å². The van der Waals surface area contributed by atoms with Crippen molar-refractivity contribution in [3.8, 4) is 0 Å². The SMILES string of the molecule is Cc1snnc1/C(=N/O)c1ccc(Cl)cc1. The number of benzene rings is 1. The van der Waals surface area contributed by atoms with Crippen molar-refractivity contribution in [3.05, 3.63) is 45.4 Å². The highest BCUT2D eigenvalue weighted by Gasteiger charge is 2.14. The monoisotopic (exact) mass is 253 g/mol. The Morgan fingerprint density at radius 3 is 2.56 bits per heavy atom. The molecule has 0 fully saturated rings. The van der Waals surface area contributed by atoms with Crippen LogP contribution in [-0.4, -0.2) is 20.5 Å². The zero-order valence-electron chi connectivity index (χ0n) is 8.38. The smallest absolute Gasteiger partial charge is 0.138 e. The molecule has 0 aliphatic rings. The first-order chi connectivity index (χ1) is 7.72. The van der Waals surface area contributed by atoms with Crippen LogP contribution >= 0.6 is 23.1 Å². The molecule has 4 nitrogen and oxygen atoms in total. The molecule has 6 heteroatoms. The Bertz CT molecular complexity index is 521. The molecule has 0 saturated carbocycles. The average Bonchev–Trinajstić information content (AvgIpc) is 2.69. The summed E-state index contributed by atoms with van der Waals surface area (Å²) < 4.78 is 3.81. The molecule has 0 amide bonds. The van der Waals surface area contributed by atoms with Crippen molar-refractivity contribution in [3.63, 3.8) is 0 Å². The predicted octanol–water partition coefficient (Wildman–Crippen LogP) is 2.73. The normalized spacial score (nSPS) is 11.8. The van der Waals surface area contributed by atoms with Crippen molar-refractivity contribution in [1.82, 2.24) is 9.59 Å². The maximum atomic E-state index is 9.04.